The predicted octanol–water partition coefficient (Wildman–Crippen LogP) is 2.72. The van der Waals surface area contributed by atoms with Crippen LogP contribution in [0.5, 0.6) is 0 Å². The van der Waals surface area contributed by atoms with E-state index in [1.807, 2.05) is 16.7 Å². The molecule has 8 heteroatoms. The third-order valence-electron chi connectivity index (χ3n) is 7.69. The van der Waals surface area contributed by atoms with Gasteiger partial charge in [-0.1, -0.05) is 32.1 Å². The molecule has 2 aromatic rings. The third-order valence-corrected chi connectivity index (χ3v) is 7.69. The molecule has 32 heavy (non-hydrogen) atoms. The number of nitrogens with zero attached hydrogens (tertiary/aromatic N) is 5. The smallest absolute Gasteiger partial charge is 0.255 e. The second kappa shape index (κ2) is 8.64. The normalized spacial score (nSPS) is 25.8. The van der Waals surface area contributed by atoms with Gasteiger partial charge in [-0.15, -0.1) is 0 Å². The molecule has 2 atom stereocenters. The largest absolute Gasteiger partial charge is 0.341 e. The number of aromatic amines is 1. The van der Waals surface area contributed by atoms with Crippen LogP contribution in [-0.4, -0.2) is 68.0 Å². The molecule has 2 aliphatic heterocycles. The molecule has 0 spiro atoms. The first kappa shape index (κ1) is 21.1. The Bertz CT molecular complexity index is 970. The van der Waals surface area contributed by atoms with Crippen molar-refractivity contribution in [2.24, 2.45) is 11.8 Å². The molecule has 5 rings (SSSR count). The third kappa shape index (κ3) is 3.91. The van der Waals surface area contributed by atoms with Crippen LogP contribution in [-0.2, 0) is 10.2 Å². The highest BCUT2D eigenvalue weighted by Crippen LogP contribution is 2.44. The molecule has 0 unspecified atom stereocenters. The number of hydrogen-bond donors (Lipinski definition) is 1. The number of H-pyrrole nitrogens is 1. The summed E-state index contributed by atoms with van der Waals surface area (Å²) in [6, 6.07) is 3.58. The summed E-state index contributed by atoms with van der Waals surface area (Å²) in [5.74, 6) is 2.54. The number of carbonyl (C=O) groups excluding carboxylic acids is 2. The fourth-order valence-corrected chi connectivity index (χ4v) is 5.93. The van der Waals surface area contributed by atoms with Gasteiger partial charge in [-0.05, 0) is 31.4 Å². The molecule has 3 aliphatic rings. The molecular weight excluding hydrogens is 404 g/mol. The van der Waals surface area contributed by atoms with Gasteiger partial charge in [0.2, 0.25) is 5.91 Å². The maximum atomic E-state index is 13.1. The van der Waals surface area contributed by atoms with Gasteiger partial charge in [-0.2, -0.15) is 5.10 Å². The summed E-state index contributed by atoms with van der Waals surface area (Å²) in [7, 11) is 0. The van der Waals surface area contributed by atoms with Crippen molar-refractivity contribution >= 4 is 11.8 Å². The average Bonchev–Trinajstić information content (AvgIpc) is 3.51. The first-order valence-corrected chi connectivity index (χ1v) is 11.9. The quantitative estimate of drug-likeness (QED) is 0.778. The topological polar surface area (TPSA) is 95.1 Å². The lowest BCUT2D eigenvalue weighted by Crippen LogP contribution is -2.42. The van der Waals surface area contributed by atoms with Gasteiger partial charge in [-0.25, -0.2) is 4.98 Å². The van der Waals surface area contributed by atoms with Gasteiger partial charge in [0, 0.05) is 50.9 Å². The van der Waals surface area contributed by atoms with E-state index >= 15 is 0 Å². The number of carbonyl (C=O) groups is 2. The van der Waals surface area contributed by atoms with E-state index in [0.717, 1.165) is 18.1 Å². The minimum absolute atomic E-state index is 0.0192. The van der Waals surface area contributed by atoms with Crippen LogP contribution in [0, 0.1) is 18.8 Å². The molecule has 0 bridgehead atoms. The van der Waals surface area contributed by atoms with Gasteiger partial charge in [0.05, 0.1) is 11.0 Å². The summed E-state index contributed by atoms with van der Waals surface area (Å²) in [5.41, 5.74) is 0.178. The Kier molecular flexibility index (Phi) is 5.69. The first-order valence-electron chi connectivity index (χ1n) is 11.9. The van der Waals surface area contributed by atoms with Gasteiger partial charge < -0.3 is 9.80 Å². The number of pyridine rings is 1. The Labute approximate surface area is 188 Å². The minimum atomic E-state index is -0.414. The van der Waals surface area contributed by atoms with Crippen LogP contribution in [0.25, 0.3) is 0 Å². The van der Waals surface area contributed by atoms with Gasteiger partial charge in [0.15, 0.2) is 5.82 Å². The van der Waals surface area contributed by atoms with Crippen LogP contribution < -0.4 is 0 Å². The zero-order valence-corrected chi connectivity index (χ0v) is 18.8. The fourth-order valence-electron chi connectivity index (χ4n) is 5.93. The molecule has 1 saturated carbocycles. The molecule has 1 N–H and O–H groups in total. The summed E-state index contributed by atoms with van der Waals surface area (Å²) < 4.78 is 0. The second-order valence-corrected chi connectivity index (χ2v) is 9.84. The number of amides is 2. The lowest BCUT2D eigenvalue weighted by Gasteiger charge is -2.27. The lowest BCUT2D eigenvalue weighted by molar-refractivity contribution is -0.131. The zero-order chi connectivity index (χ0) is 22.1. The molecule has 2 aromatic heterocycles. The SMILES string of the molecule is Cc1nc([C@@]23CN(C(=O)CCC4CCCCC4)C[C@@H]2CN(C(=O)c2cccnc2)C3)n[nH]1. The van der Waals surface area contributed by atoms with Crippen molar-refractivity contribution in [3.63, 3.8) is 0 Å². The van der Waals surface area contributed by atoms with Crippen molar-refractivity contribution in [2.45, 2.75) is 57.3 Å². The van der Waals surface area contributed by atoms with Crippen molar-refractivity contribution < 1.29 is 9.59 Å². The van der Waals surface area contributed by atoms with Crippen molar-refractivity contribution in [2.75, 3.05) is 26.2 Å². The summed E-state index contributed by atoms with van der Waals surface area (Å²) in [6.07, 6.45) is 11.4. The number of nitrogens with one attached hydrogen (secondary N) is 1. The Morgan fingerprint density at radius 1 is 1.16 bits per heavy atom. The van der Waals surface area contributed by atoms with Crippen LogP contribution >= 0.6 is 0 Å². The Hall–Kier alpha value is -2.77. The molecule has 8 nitrogen and oxygen atoms in total. The van der Waals surface area contributed by atoms with E-state index < -0.39 is 5.41 Å². The van der Waals surface area contributed by atoms with E-state index in [4.69, 9.17) is 0 Å². The standard InChI is InChI=1S/C24H32N6O2/c1-17-26-23(28-27-17)24-15-29(21(31)10-9-18-6-3-2-4-7-18)13-20(24)14-30(16-24)22(32)19-8-5-11-25-12-19/h5,8,11-12,18,20H,2-4,6-7,9-10,13-16H2,1H3,(H,26,27,28)/t20-,24-/m1/s1. The molecule has 2 amide bonds. The van der Waals surface area contributed by atoms with Crippen molar-refractivity contribution in [3.05, 3.63) is 41.7 Å². The molecule has 0 aromatic carbocycles. The maximum absolute atomic E-state index is 13.1. The molecule has 2 saturated heterocycles. The van der Waals surface area contributed by atoms with Crippen LogP contribution in [0.1, 0.15) is 67.0 Å². The molecule has 4 heterocycles. The minimum Gasteiger partial charge on any atom is -0.341 e. The van der Waals surface area contributed by atoms with Crippen molar-refractivity contribution in [1.82, 2.24) is 30.0 Å². The monoisotopic (exact) mass is 436 g/mol. The first-order chi connectivity index (χ1) is 15.5. The van der Waals surface area contributed by atoms with Crippen LogP contribution in [0.3, 0.4) is 0 Å². The Balaban J connectivity index is 1.31. The van der Waals surface area contributed by atoms with Gasteiger partial charge in [-0.3, -0.25) is 19.7 Å². The number of fused-ring (bicyclic) bond motifs is 1. The Morgan fingerprint density at radius 3 is 2.66 bits per heavy atom. The summed E-state index contributed by atoms with van der Waals surface area (Å²) in [4.78, 5) is 38.9. The van der Waals surface area contributed by atoms with Crippen molar-refractivity contribution in [1.29, 1.82) is 0 Å². The van der Waals surface area contributed by atoms with E-state index in [1.165, 1.54) is 32.1 Å². The number of aromatic nitrogens is 4. The zero-order valence-electron chi connectivity index (χ0n) is 18.8. The van der Waals surface area contributed by atoms with E-state index in [1.54, 1.807) is 24.5 Å². The van der Waals surface area contributed by atoms with Crippen LogP contribution in [0.2, 0.25) is 0 Å². The highest BCUT2D eigenvalue weighted by molar-refractivity contribution is 5.94. The number of rotatable bonds is 5. The maximum Gasteiger partial charge on any atom is 0.255 e. The predicted molar refractivity (Wildman–Crippen MR) is 119 cm³/mol. The van der Waals surface area contributed by atoms with Crippen LogP contribution in [0.15, 0.2) is 24.5 Å². The molecule has 170 valence electrons. The average molecular weight is 437 g/mol. The number of hydrogen-bond acceptors (Lipinski definition) is 5. The molecule has 0 radical (unpaired) electrons. The number of aryl methyl sites for hydroxylation is 1. The van der Waals surface area contributed by atoms with Crippen molar-refractivity contribution in [3.8, 4) is 0 Å². The molecular formula is C24H32N6O2. The summed E-state index contributed by atoms with van der Waals surface area (Å²) >= 11 is 0. The highest BCUT2D eigenvalue weighted by atomic mass is 16.2. The van der Waals surface area contributed by atoms with Gasteiger partial charge in [0.1, 0.15) is 5.82 Å². The van der Waals surface area contributed by atoms with E-state index in [9.17, 15) is 9.59 Å². The second-order valence-electron chi connectivity index (χ2n) is 9.84. The van der Waals surface area contributed by atoms with E-state index in [2.05, 4.69) is 20.2 Å². The summed E-state index contributed by atoms with van der Waals surface area (Å²) in [5, 5.41) is 7.45. The Morgan fingerprint density at radius 2 is 1.94 bits per heavy atom. The molecule has 3 fully saturated rings. The number of likely N-dealkylation sites (tertiary alicyclic amines) is 2. The highest BCUT2D eigenvalue weighted by Gasteiger charge is 2.57. The van der Waals surface area contributed by atoms with E-state index in [-0.39, 0.29) is 17.7 Å². The van der Waals surface area contributed by atoms with E-state index in [0.29, 0.717) is 44.1 Å². The van der Waals surface area contributed by atoms with Crippen LogP contribution in [0.4, 0.5) is 0 Å². The fraction of sp³-hybridized carbons (Fsp3) is 0.625. The van der Waals surface area contributed by atoms with Gasteiger partial charge in [0.25, 0.3) is 5.91 Å². The van der Waals surface area contributed by atoms with Gasteiger partial charge >= 0.3 is 0 Å². The lowest BCUT2D eigenvalue weighted by atomic mass is 9.80. The summed E-state index contributed by atoms with van der Waals surface area (Å²) in [6.45, 7) is 4.25. The molecule has 1 aliphatic carbocycles.